The van der Waals surface area contributed by atoms with Crippen LogP contribution in [0, 0.1) is 5.92 Å². The fraction of sp³-hybridized carbons (Fsp3) is 0.684. The minimum absolute atomic E-state index is 0.0530. The summed E-state index contributed by atoms with van der Waals surface area (Å²) in [6.45, 7) is 2.44. The quantitative estimate of drug-likeness (QED) is 0.814. The number of nitrogens with zero attached hydrogens (tertiary/aromatic N) is 1. The van der Waals surface area contributed by atoms with E-state index in [0.717, 1.165) is 5.02 Å². The first-order valence-corrected chi connectivity index (χ1v) is 8.94. The van der Waals surface area contributed by atoms with Crippen LogP contribution in [-0.4, -0.2) is 36.2 Å². The minimum atomic E-state index is -0.0530. The molecule has 0 N–H and O–H groups in total. The molecule has 3 aliphatic rings. The third-order valence-electron chi connectivity index (χ3n) is 6.95. The highest BCUT2D eigenvalue weighted by Gasteiger charge is 2.68. The van der Waals surface area contributed by atoms with Gasteiger partial charge in [0.25, 0.3) is 0 Å². The van der Waals surface area contributed by atoms with Gasteiger partial charge in [-0.05, 0) is 69.7 Å². The lowest BCUT2D eigenvalue weighted by Crippen LogP contribution is -2.68. The van der Waals surface area contributed by atoms with Crippen molar-refractivity contribution in [1.82, 2.24) is 4.90 Å². The summed E-state index contributed by atoms with van der Waals surface area (Å²) in [5.41, 5.74) is 1.50. The molecule has 2 saturated heterocycles. The number of ether oxygens (including phenoxy) is 1. The minimum Gasteiger partial charge on any atom is -0.375 e. The zero-order valence-corrected chi connectivity index (χ0v) is 14.6. The first kappa shape index (κ1) is 15.0. The number of hydrogen-bond acceptors (Lipinski definition) is 2. The molecule has 0 aromatic heterocycles. The number of benzene rings is 1. The first-order valence-electron chi connectivity index (χ1n) is 8.56. The van der Waals surface area contributed by atoms with Crippen LogP contribution in [-0.2, 0) is 4.74 Å². The van der Waals surface area contributed by atoms with Gasteiger partial charge in [-0.1, -0.05) is 23.7 Å². The Hall–Kier alpha value is -0.570. The molecule has 1 aliphatic carbocycles. The number of piperidine rings is 1. The molecule has 2 aliphatic heterocycles. The lowest BCUT2D eigenvalue weighted by atomic mass is 9.63. The maximum Gasteiger partial charge on any atom is 0.0955 e. The molecule has 22 heavy (non-hydrogen) atoms. The van der Waals surface area contributed by atoms with Crippen molar-refractivity contribution in [2.24, 2.45) is 5.92 Å². The van der Waals surface area contributed by atoms with Crippen molar-refractivity contribution in [3.8, 4) is 0 Å². The van der Waals surface area contributed by atoms with Crippen LogP contribution in [0.2, 0.25) is 5.02 Å². The largest absolute Gasteiger partial charge is 0.375 e. The van der Waals surface area contributed by atoms with Crippen LogP contribution >= 0.6 is 11.6 Å². The van der Waals surface area contributed by atoms with Crippen molar-refractivity contribution >= 4 is 11.6 Å². The lowest BCUT2D eigenvalue weighted by molar-refractivity contribution is -0.170. The van der Waals surface area contributed by atoms with E-state index >= 15 is 0 Å². The summed E-state index contributed by atoms with van der Waals surface area (Å²) in [4.78, 5) is 2.63. The zero-order valence-electron chi connectivity index (χ0n) is 13.8. The summed E-state index contributed by atoms with van der Waals surface area (Å²) in [7, 11) is 4.25. The molecule has 2 heterocycles. The van der Waals surface area contributed by atoms with Gasteiger partial charge < -0.3 is 4.74 Å². The van der Waals surface area contributed by atoms with E-state index in [0.29, 0.717) is 17.9 Å². The van der Waals surface area contributed by atoms with Crippen molar-refractivity contribution in [3.05, 3.63) is 34.9 Å². The second kappa shape index (κ2) is 4.96. The Morgan fingerprint density at radius 2 is 1.86 bits per heavy atom. The second-order valence-electron chi connectivity index (χ2n) is 7.69. The van der Waals surface area contributed by atoms with E-state index in [4.69, 9.17) is 16.3 Å². The molecule has 2 nitrogen and oxygen atoms in total. The summed E-state index contributed by atoms with van der Waals surface area (Å²) in [5, 5.41) is 0.820. The molecule has 4 rings (SSSR count). The Balaban J connectivity index is 1.84. The van der Waals surface area contributed by atoms with E-state index < -0.39 is 0 Å². The highest BCUT2D eigenvalue weighted by Crippen LogP contribution is 2.63. The molecule has 0 radical (unpaired) electrons. The van der Waals surface area contributed by atoms with Crippen molar-refractivity contribution in [3.63, 3.8) is 0 Å². The molecular weight excluding hydrogens is 294 g/mol. The zero-order chi connectivity index (χ0) is 15.5. The van der Waals surface area contributed by atoms with Crippen molar-refractivity contribution in [2.45, 2.75) is 62.1 Å². The molecule has 4 atom stereocenters. The van der Waals surface area contributed by atoms with Crippen LogP contribution in [0.1, 0.15) is 50.5 Å². The summed E-state index contributed by atoms with van der Waals surface area (Å²) >= 11 is 6.11. The Bertz CT molecular complexity index is 569. The van der Waals surface area contributed by atoms with E-state index in [-0.39, 0.29) is 11.1 Å². The molecule has 0 amide bonds. The van der Waals surface area contributed by atoms with Gasteiger partial charge in [0.1, 0.15) is 0 Å². The molecule has 1 aromatic carbocycles. The molecule has 120 valence electrons. The Morgan fingerprint density at radius 1 is 1.18 bits per heavy atom. The van der Waals surface area contributed by atoms with Crippen LogP contribution in [0.5, 0.6) is 0 Å². The highest BCUT2D eigenvalue weighted by molar-refractivity contribution is 6.30. The van der Waals surface area contributed by atoms with Gasteiger partial charge in [-0.15, -0.1) is 0 Å². The first-order chi connectivity index (χ1) is 10.5. The summed E-state index contributed by atoms with van der Waals surface area (Å²) in [5.74, 6) is 1.18. The van der Waals surface area contributed by atoms with Gasteiger partial charge in [-0.3, -0.25) is 4.90 Å². The molecule has 1 saturated carbocycles. The number of rotatable bonds is 3. The van der Waals surface area contributed by atoms with Gasteiger partial charge in [0.15, 0.2) is 0 Å². The van der Waals surface area contributed by atoms with Crippen LogP contribution in [0.15, 0.2) is 24.3 Å². The summed E-state index contributed by atoms with van der Waals surface area (Å²) < 4.78 is 6.43. The average molecular weight is 320 g/mol. The van der Waals surface area contributed by atoms with Gasteiger partial charge in [0, 0.05) is 29.6 Å². The van der Waals surface area contributed by atoms with Gasteiger partial charge in [-0.25, -0.2) is 0 Å². The molecule has 0 spiro atoms. The maximum atomic E-state index is 6.43. The summed E-state index contributed by atoms with van der Waals surface area (Å²) in [6, 6.07) is 9.20. The number of halogens is 1. The standard InChI is InChI=1S/C19H26ClNO/c1-18-11-10-16(21(18)2)12-17(13-4-8-15(20)9-5-13)19(18,22-3)14-6-7-14/h4-5,8-9,14,16-17H,6-7,10-12H2,1-3H3/t16-,17-,18+,19+/m0/s1. The van der Waals surface area contributed by atoms with E-state index in [2.05, 4.69) is 31.0 Å². The smallest absolute Gasteiger partial charge is 0.0955 e. The molecule has 0 unspecified atom stereocenters. The second-order valence-corrected chi connectivity index (χ2v) is 8.13. The fourth-order valence-electron chi connectivity index (χ4n) is 5.63. The van der Waals surface area contributed by atoms with Crippen molar-refractivity contribution in [1.29, 1.82) is 0 Å². The third-order valence-corrected chi connectivity index (χ3v) is 7.20. The topological polar surface area (TPSA) is 12.5 Å². The van der Waals surface area contributed by atoms with Crippen molar-refractivity contribution < 1.29 is 4.74 Å². The number of hydrogen-bond donors (Lipinski definition) is 0. The average Bonchev–Trinajstić information content (AvgIpc) is 3.32. The SMILES string of the molecule is CO[C@]1(C2CC2)[C@H](c2ccc(Cl)cc2)C[C@@H]2CC[C@@]1(C)N2C. The van der Waals surface area contributed by atoms with Crippen molar-refractivity contribution in [2.75, 3.05) is 14.2 Å². The molecule has 2 bridgehead atoms. The van der Waals surface area contributed by atoms with Gasteiger partial charge in [0.05, 0.1) is 5.60 Å². The summed E-state index contributed by atoms with van der Waals surface area (Å²) in [6.07, 6.45) is 6.38. The van der Waals surface area contributed by atoms with Crippen LogP contribution in [0.4, 0.5) is 0 Å². The highest BCUT2D eigenvalue weighted by atomic mass is 35.5. The van der Waals surface area contributed by atoms with E-state index in [1.165, 1.54) is 37.7 Å². The fourth-order valence-corrected chi connectivity index (χ4v) is 5.76. The van der Waals surface area contributed by atoms with E-state index in [9.17, 15) is 0 Å². The number of fused-ring (bicyclic) bond motifs is 2. The predicted molar refractivity (Wildman–Crippen MR) is 90.5 cm³/mol. The lowest BCUT2D eigenvalue weighted by Gasteiger charge is -2.58. The van der Waals surface area contributed by atoms with Gasteiger partial charge in [0.2, 0.25) is 0 Å². The molecule has 1 aromatic rings. The third kappa shape index (κ3) is 1.81. The maximum absolute atomic E-state index is 6.43. The Kier molecular flexibility index (Phi) is 3.38. The molecular formula is C19H26ClNO. The Morgan fingerprint density at radius 3 is 2.45 bits per heavy atom. The molecule has 3 heteroatoms. The normalized spacial score (nSPS) is 41.8. The van der Waals surface area contributed by atoms with E-state index in [1.54, 1.807) is 0 Å². The van der Waals surface area contributed by atoms with E-state index in [1.807, 2.05) is 19.2 Å². The monoisotopic (exact) mass is 319 g/mol. The predicted octanol–water partition coefficient (Wildman–Crippen LogP) is 4.48. The molecule has 3 fully saturated rings. The van der Waals surface area contributed by atoms with Gasteiger partial charge in [-0.2, -0.15) is 0 Å². The van der Waals surface area contributed by atoms with Crippen LogP contribution < -0.4 is 0 Å². The number of likely N-dealkylation sites (N-methyl/N-ethyl adjacent to an activating group) is 1. The number of methoxy groups -OCH3 is 1. The van der Waals surface area contributed by atoms with Crippen LogP contribution in [0.25, 0.3) is 0 Å². The Labute approximate surface area is 138 Å². The van der Waals surface area contributed by atoms with Crippen LogP contribution in [0.3, 0.4) is 0 Å². The van der Waals surface area contributed by atoms with Gasteiger partial charge >= 0.3 is 0 Å².